The number of hydrogen-bond donors (Lipinski definition) is 1. The minimum atomic E-state index is -0.210. The van der Waals surface area contributed by atoms with Gasteiger partial charge in [-0.05, 0) is 85.0 Å². The molecule has 0 aromatic heterocycles. The molecule has 0 heterocycles. The lowest BCUT2D eigenvalue weighted by molar-refractivity contribution is -0.135. The van der Waals surface area contributed by atoms with Gasteiger partial charge in [-0.25, -0.2) is 4.79 Å². The van der Waals surface area contributed by atoms with Crippen LogP contribution in [0.2, 0.25) is 0 Å². The molecule has 0 saturated heterocycles. The molecule has 0 aliphatic heterocycles. The number of rotatable bonds is 1. The van der Waals surface area contributed by atoms with E-state index in [4.69, 9.17) is 4.74 Å². The normalized spacial score (nSPS) is 35.9. The van der Waals surface area contributed by atoms with Gasteiger partial charge in [0.2, 0.25) is 0 Å². The minimum absolute atomic E-state index is 0.157. The lowest BCUT2D eigenvalue weighted by atomic mass is 9.55. The maximum Gasteiger partial charge on any atom is 0.330 e. The first kappa shape index (κ1) is 15.7. The van der Waals surface area contributed by atoms with E-state index in [2.05, 4.69) is 13.0 Å². The zero-order valence-corrected chi connectivity index (χ0v) is 14.5. The Hall–Kier alpha value is -1.77. The molecule has 3 heteroatoms. The Bertz CT molecular complexity index is 705. The first-order valence-corrected chi connectivity index (χ1v) is 9.13. The lowest BCUT2D eigenvalue weighted by Gasteiger charge is -2.49. The van der Waals surface area contributed by atoms with Gasteiger partial charge in [0, 0.05) is 6.08 Å². The summed E-state index contributed by atoms with van der Waals surface area (Å²) in [4.78, 5) is 11.7. The number of fused-ring (bicyclic) bond motifs is 5. The fraction of sp³-hybridized carbons (Fsp3) is 0.571. The van der Waals surface area contributed by atoms with E-state index >= 15 is 0 Å². The maximum absolute atomic E-state index is 11.7. The second-order valence-corrected chi connectivity index (χ2v) is 7.99. The summed E-state index contributed by atoms with van der Waals surface area (Å²) in [5, 5.41) is 9.77. The summed E-state index contributed by atoms with van der Waals surface area (Å²) in [5.74, 6) is 2.15. The molecule has 128 valence electrons. The molecule has 1 aromatic rings. The third-order valence-electron chi connectivity index (χ3n) is 7.05. The van der Waals surface area contributed by atoms with E-state index in [9.17, 15) is 9.90 Å². The van der Waals surface area contributed by atoms with Gasteiger partial charge in [-0.2, -0.15) is 0 Å². The Labute approximate surface area is 143 Å². The zero-order chi connectivity index (χ0) is 16.9. The largest absolute Gasteiger partial charge is 0.508 e. The molecule has 3 aliphatic carbocycles. The smallest absolute Gasteiger partial charge is 0.330 e. The summed E-state index contributed by atoms with van der Waals surface area (Å²) in [6.07, 6.45) is 8.56. The van der Waals surface area contributed by atoms with Crippen LogP contribution >= 0.6 is 0 Å². The van der Waals surface area contributed by atoms with Gasteiger partial charge in [0.05, 0.1) is 7.11 Å². The predicted molar refractivity (Wildman–Crippen MR) is 92.8 cm³/mol. The lowest BCUT2D eigenvalue weighted by Crippen LogP contribution is -2.40. The van der Waals surface area contributed by atoms with Gasteiger partial charge in [0.25, 0.3) is 0 Å². The molecule has 2 fully saturated rings. The van der Waals surface area contributed by atoms with Crippen molar-refractivity contribution in [1.82, 2.24) is 0 Å². The van der Waals surface area contributed by atoms with Crippen molar-refractivity contribution in [1.29, 1.82) is 0 Å². The molecule has 1 N–H and O–H groups in total. The molecule has 0 spiro atoms. The Balaban J connectivity index is 1.66. The van der Waals surface area contributed by atoms with Gasteiger partial charge in [-0.3, -0.25) is 0 Å². The van der Waals surface area contributed by atoms with Crippen molar-refractivity contribution in [2.45, 2.75) is 51.4 Å². The second-order valence-electron chi connectivity index (χ2n) is 7.99. The predicted octanol–water partition coefficient (Wildman–Crippen LogP) is 4.35. The highest BCUT2D eigenvalue weighted by Gasteiger charge is 2.52. The number of phenolic OH excluding ortho intramolecular Hbond substituents is 1. The Morgan fingerprint density at radius 3 is 2.92 bits per heavy atom. The number of phenols is 1. The fourth-order valence-corrected chi connectivity index (χ4v) is 5.85. The van der Waals surface area contributed by atoms with Crippen molar-refractivity contribution in [3.63, 3.8) is 0 Å². The average molecular weight is 326 g/mol. The molecule has 24 heavy (non-hydrogen) atoms. The molecule has 3 aliphatic rings. The quantitative estimate of drug-likeness (QED) is 0.616. The molecule has 0 amide bonds. The van der Waals surface area contributed by atoms with Crippen molar-refractivity contribution >= 4 is 5.97 Å². The number of aromatic hydroxyl groups is 1. The first-order valence-electron chi connectivity index (χ1n) is 9.13. The number of hydrogen-bond acceptors (Lipinski definition) is 3. The molecular formula is C21H26O3. The average Bonchev–Trinajstić information content (AvgIpc) is 2.90. The van der Waals surface area contributed by atoms with Crippen LogP contribution in [0.1, 0.15) is 56.1 Å². The number of benzene rings is 1. The van der Waals surface area contributed by atoms with E-state index in [1.165, 1.54) is 43.1 Å². The number of carbonyl (C=O) groups excluding carboxylic acids is 1. The van der Waals surface area contributed by atoms with Crippen molar-refractivity contribution < 1.29 is 14.6 Å². The van der Waals surface area contributed by atoms with Gasteiger partial charge in [0.15, 0.2) is 0 Å². The number of allylic oxidation sites excluding steroid dienone is 1. The Morgan fingerprint density at radius 2 is 2.12 bits per heavy atom. The van der Waals surface area contributed by atoms with Crippen LogP contribution in [-0.4, -0.2) is 18.2 Å². The molecule has 4 rings (SSSR count). The van der Waals surface area contributed by atoms with Crippen LogP contribution in [0.5, 0.6) is 5.75 Å². The summed E-state index contributed by atoms with van der Waals surface area (Å²) in [7, 11) is 1.46. The molecular weight excluding hydrogens is 300 g/mol. The Kier molecular flexibility index (Phi) is 3.70. The van der Waals surface area contributed by atoms with Crippen LogP contribution in [0.25, 0.3) is 0 Å². The van der Waals surface area contributed by atoms with Crippen molar-refractivity contribution in [3.05, 3.63) is 41.0 Å². The fourth-order valence-electron chi connectivity index (χ4n) is 5.85. The minimum Gasteiger partial charge on any atom is -0.508 e. The monoisotopic (exact) mass is 326 g/mol. The topological polar surface area (TPSA) is 46.5 Å². The van der Waals surface area contributed by atoms with E-state index in [0.717, 1.165) is 19.3 Å². The van der Waals surface area contributed by atoms with Crippen molar-refractivity contribution in [2.24, 2.45) is 17.3 Å². The van der Waals surface area contributed by atoms with Crippen LogP contribution in [0.15, 0.2) is 29.8 Å². The highest BCUT2D eigenvalue weighted by atomic mass is 16.5. The maximum atomic E-state index is 11.7. The number of carbonyl (C=O) groups is 1. The van der Waals surface area contributed by atoms with E-state index in [-0.39, 0.29) is 11.4 Å². The van der Waals surface area contributed by atoms with Crippen molar-refractivity contribution in [2.75, 3.05) is 7.11 Å². The summed E-state index contributed by atoms with van der Waals surface area (Å²) >= 11 is 0. The zero-order valence-electron chi connectivity index (χ0n) is 14.5. The van der Waals surface area contributed by atoms with Gasteiger partial charge in [-0.15, -0.1) is 0 Å². The standard InChI is InChI=1S/C21H26O3/c1-21-10-9-17-16-7-5-15(22)11-13(16)3-6-18(17)19(21)8-4-14(21)12-20(23)24-2/h5,7,11-12,17-19,22H,3-4,6,8-10H2,1-2H3/b14-12+. The second kappa shape index (κ2) is 5.65. The highest BCUT2D eigenvalue weighted by molar-refractivity contribution is 5.83. The number of methoxy groups -OCH3 is 1. The summed E-state index contributed by atoms with van der Waals surface area (Å²) in [5.41, 5.74) is 4.25. The summed E-state index contributed by atoms with van der Waals surface area (Å²) < 4.78 is 4.86. The molecule has 4 atom stereocenters. The molecule has 1 aromatic carbocycles. The van der Waals surface area contributed by atoms with Crippen LogP contribution in [0.4, 0.5) is 0 Å². The third kappa shape index (κ3) is 2.28. The summed E-state index contributed by atoms with van der Waals surface area (Å²) in [6.45, 7) is 2.36. The SMILES string of the molecule is COC(=O)/C=C1\CCC2C3CCc4cc(O)ccc4C3CCC12C. The highest BCUT2D eigenvalue weighted by Crippen LogP contribution is 2.62. The van der Waals surface area contributed by atoms with Gasteiger partial charge in [0.1, 0.15) is 5.75 Å². The van der Waals surface area contributed by atoms with Crippen LogP contribution in [-0.2, 0) is 16.0 Å². The van der Waals surface area contributed by atoms with E-state index in [1.807, 2.05) is 12.1 Å². The van der Waals surface area contributed by atoms with Gasteiger partial charge >= 0.3 is 5.97 Å². The molecule has 0 bridgehead atoms. The van der Waals surface area contributed by atoms with Gasteiger partial charge < -0.3 is 9.84 Å². The first-order chi connectivity index (χ1) is 11.5. The molecule has 0 radical (unpaired) electrons. The molecule has 3 nitrogen and oxygen atoms in total. The number of aryl methyl sites for hydroxylation is 1. The van der Waals surface area contributed by atoms with E-state index in [0.29, 0.717) is 23.5 Å². The van der Waals surface area contributed by atoms with Crippen LogP contribution in [0, 0.1) is 17.3 Å². The van der Waals surface area contributed by atoms with E-state index in [1.54, 1.807) is 6.08 Å². The van der Waals surface area contributed by atoms with Crippen molar-refractivity contribution in [3.8, 4) is 5.75 Å². The number of ether oxygens (including phenoxy) is 1. The van der Waals surface area contributed by atoms with Crippen LogP contribution < -0.4 is 0 Å². The molecule has 4 unspecified atom stereocenters. The summed E-state index contributed by atoms with van der Waals surface area (Å²) in [6, 6.07) is 5.94. The molecule has 2 saturated carbocycles. The van der Waals surface area contributed by atoms with Gasteiger partial charge in [-0.1, -0.05) is 18.6 Å². The number of esters is 1. The van der Waals surface area contributed by atoms with Crippen LogP contribution in [0.3, 0.4) is 0 Å². The van der Waals surface area contributed by atoms with E-state index < -0.39 is 0 Å². The third-order valence-corrected chi connectivity index (χ3v) is 7.05. The Morgan fingerprint density at radius 1 is 1.29 bits per heavy atom.